The highest BCUT2D eigenvalue weighted by Gasteiger charge is 2.23. The van der Waals surface area contributed by atoms with Crippen molar-refractivity contribution in [1.82, 2.24) is 5.16 Å². The quantitative estimate of drug-likeness (QED) is 0.870. The van der Waals surface area contributed by atoms with Crippen molar-refractivity contribution in [3.63, 3.8) is 0 Å². The molecular formula is C15H19N3O4S. The first kappa shape index (κ1) is 17.0. The number of hydrogen-bond donors (Lipinski definition) is 1. The molecule has 0 aliphatic carbocycles. The molecule has 8 heteroatoms. The molecule has 0 radical (unpaired) electrons. The van der Waals surface area contributed by atoms with Gasteiger partial charge < -0.3 is 9.84 Å². The number of amides is 1. The molecule has 2 rings (SSSR count). The second-order valence-electron chi connectivity index (χ2n) is 5.12. The highest BCUT2D eigenvalue weighted by Crippen LogP contribution is 2.23. The molecule has 23 heavy (non-hydrogen) atoms. The van der Waals surface area contributed by atoms with Crippen molar-refractivity contribution >= 4 is 27.4 Å². The highest BCUT2D eigenvalue weighted by atomic mass is 32.2. The van der Waals surface area contributed by atoms with Gasteiger partial charge in [-0.25, -0.2) is 8.42 Å². The Morgan fingerprint density at radius 2 is 2.04 bits per heavy atom. The Bertz CT molecular complexity index is 799. The predicted octanol–water partition coefficient (Wildman–Crippen LogP) is 1.95. The Kier molecular flexibility index (Phi) is 5.05. The summed E-state index contributed by atoms with van der Waals surface area (Å²) in [5.74, 6) is 0.316. The maximum Gasteiger partial charge on any atom is 0.246 e. The van der Waals surface area contributed by atoms with Crippen molar-refractivity contribution in [1.29, 1.82) is 0 Å². The molecule has 7 nitrogen and oxygen atoms in total. The van der Waals surface area contributed by atoms with E-state index in [0.29, 0.717) is 17.9 Å². The molecule has 1 amide bonds. The number of carbonyl (C=O) groups is 1. The summed E-state index contributed by atoms with van der Waals surface area (Å²) in [4.78, 5) is 12.2. The molecule has 124 valence electrons. The van der Waals surface area contributed by atoms with E-state index in [-0.39, 0.29) is 12.4 Å². The molecule has 1 aromatic carbocycles. The largest absolute Gasteiger partial charge is 0.360 e. The molecule has 0 spiro atoms. The van der Waals surface area contributed by atoms with Crippen LogP contribution in [-0.4, -0.2) is 32.3 Å². The first-order valence-electron chi connectivity index (χ1n) is 7.10. The third kappa shape index (κ3) is 4.32. The molecule has 1 aromatic heterocycles. The summed E-state index contributed by atoms with van der Waals surface area (Å²) < 4.78 is 30.2. The molecule has 0 fully saturated rings. The van der Waals surface area contributed by atoms with Crippen LogP contribution in [0.15, 0.2) is 34.9 Å². The number of para-hydroxylation sites is 1. The molecule has 2 aromatic rings. The number of nitrogens with zero attached hydrogens (tertiary/aromatic N) is 2. The fraction of sp³-hybridized carbons (Fsp3) is 0.333. The van der Waals surface area contributed by atoms with Crippen LogP contribution in [0.5, 0.6) is 0 Å². The number of nitrogens with one attached hydrogen (secondary N) is 1. The molecule has 1 N–H and O–H groups in total. The highest BCUT2D eigenvalue weighted by molar-refractivity contribution is 7.92. The minimum atomic E-state index is -3.60. The van der Waals surface area contributed by atoms with E-state index in [4.69, 9.17) is 4.52 Å². The number of benzene rings is 1. The number of hydrogen-bond acceptors (Lipinski definition) is 5. The van der Waals surface area contributed by atoms with Crippen LogP contribution in [0.3, 0.4) is 0 Å². The zero-order valence-electron chi connectivity index (χ0n) is 13.2. The zero-order chi connectivity index (χ0) is 17.0. The zero-order valence-corrected chi connectivity index (χ0v) is 14.1. The van der Waals surface area contributed by atoms with Crippen molar-refractivity contribution in [2.24, 2.45) is 0 Å². The average Bonchev–Trinajstić information content (AvgIpc) is 2.88. The Hall–Kier alpha value is -2.35. The van der Waals surface area contributed by atoms with Crippen molar-refractivity contribution in [3.05, 3.63) is 41.7 Å². The van der Waals surface area contributed by atoms with Crippen LogP contribution in [0.4, 0.5) is 11.5 Å². The van der Waals surface area contributed by atoms with E-state index in [1.165, 1.54) is 0 Å². The topological polar surface area (TPSA) is 92.5 Å². The van der Waals surface area contributed by atoms with Gasteiger partial charge in [-0.2, -0.15) is 0 Å². The monoisotopic (exact) mass is 337 g/mol. The van der Waals surface area contributed by atoms with Gasteiger partial charge in [0.2, 0.25) is 15.9 Å². The minimum Gasteiger partial charge on any atom is -0.360 e. The van der Waals surface area contributed by atoms with Gasteiger partial charge in [0.15, 0.2) is 5.82 Å². The van der Waals surface area contributed by atoms with Gasteiger partial charge >= 0.3 is 0 Å². The van der Waals surface area contributed by atoms with Crippen molar-refractivity contribution in [3.8, 4) is 0 Å². The Morgan fingerprint density at radius 3 is 2.61 bits per heavy atom. The van der Waals surface area contributed by atoms with Gasteiger partial charge in [0.05, 0.1) is 11.9 Å². The number of aromatic nitrogens is 1. The van der Waals surface area contributed by atoms with Gasteiger partial charge in [0.1, 0.15) is 12.3 Å². The minimum absolute atomic E-state index is 0.254. The lowest BCUT2D eigenvalue weighted by molar-refractivity contribution is -0.114. The lowest BCUT2D eigenvalue weighted by atomic mass is 10.1. The molecule has 0 bridgehead atoms. The Labute approximate surface area is 135 Å². The SMILES string of the molecule is CCc1ccccc1N(CC(=O)Nc1cc(C)on1)S(C)(=O)=O. The number of aryl methyl sites for hydroxylation is 2. The maximum absolute atomic E-state index is 12.2. The van der Waals surface area contributed by atoms with Crippen LogP contribution in [0.2, 0.25) is 0 Å². The van der Waals surface area contributed by atoms with Gasteiger partial charge in [-0.05, 0) is 25.0 Å². The molecule has 0 aliphatic rings. The van der Waals surface area contributed by atoms with Gasteiger partial charge in [-0.1, -0.05) is 30.3 Å². The van der Waals surface area contributed by atoms with E-state index in [2.05, 4.69) is 10.5 Å². The van der Waals surface area contributed by atoms with E-state index in [1.807, 2.05) is 19.1 Å². The van der Waals surface area contributed by atoms with E-state index in [1.54, 1.807) is 25.1 Å². The van der Waals surface area contributed by atoms with E-state index < -0.39 is 15.9 Å². The lowest BCUT2D eigenvalue weighted by Gasteiger charge is -2.23. The number of carbonyl (C=O) groups excluding carboxylic acids is 1. The van der Waals surface area contributed by atoms with Crippen LogP contribution in [0.25, 0.3) is 0 Å². The van der Waals surface area contributed by atoms with Crippen LogP contribution in [-0.2, 0) is 21.2 Å². The van der Waals surface area contributed by atoms with E-state index in [0.717, 1.165) is 16.1 Å². The standard InChI is InChI=1S/C15H19N3O4S/c1-4-12-7-5-6-8-13(12)18(23(3,20)21)10-15(19)16-14-9-11(2)22-17-14/h5-9H,4,10H2,1-3H3,(H,16,17,19). The van der Waals surface area contributed by atoms with Crippen molar-refractivity contribution in [2.75, 3.05) is 22.4 Å². The van der Waals surface area contributed by atoms with Gasteiger partial charge in [-0.15, -0.1) is 0 Å². The average molecular weight is 337 g/mol. The summed E-state index contributed by atoms with van der Waals surface area (Å²) in [6.07, 6.45) is 1.74. The molecular weight excluding hydrogens is 318 g/mol. The van der Waals surface area contributed by atoms with Gasteiger partial charge in [0, 0.05) is 6.07 Å². The van der Waals surface area contributed by atoms with E-state index >= 15 is 0 Å². The second-order valence-corrected chi connectivity index (χ2v) is 7.03. The third-order valence-corrected chi connectivity index (χ3v) is 4.35. The fourth-order valence-electron chi connectivity index (χ4n) is 2.17. The molecule has 0 saturated carbocycles. The summed E-state index contributed by atoms with van der Waals surface area (Å²) in [5, 5.41) is 6.18. The van der Waals surface area contributed by atoms with Crippen LogP contribution in [0.1, 0.15) is 18.2 Å². The number of rotatable bonds is 6. The summed E-state index contributed by atoms with van der Waals surface area (Å²) in [7, 11) is -3.60. The summed E-state index contributed by atoms with van der Waals surface area (Å²) in [6, 6.07) is 8.66. The van der Waals surface area contributed by atoms with Crippen molar-refractivity contribution < 1.29 is 17.7 Å². The normalized spacial score (nSPS) is 11.3. The van der Waals surface area contributed by atoms with Crippen LogP contribution >= 0.6 is 0 Å². The third-order valence-electron chi connectivity index (χ3n) is 3.22. The molecule has 0 aliphatic heterocycles. The smallest absolute Gasteiger partial charge is 0.246 e. The summed E-state index contributed by atoms with van der Waals surface area (Å²) in [5.41, 5.74) is 1.35. The summed E-state index contributed by atoms with van der Waals surface area (Å²) in [6.45, 7) is 3.29. The second kappa shape index (κ2) is 6.82. The predicted molar refractivity (Wildman–Crippen MR) is 87.9 cm³/mol. The molecule has 0 unspecified atom stereocenters. The molecule has 0 atom stereocenters. The van der Waals surface area contributed by atoms with Crippen LogP contribution in [0, 0.1) is 6.92 Å². The van der Waals surface area contributed by atoms with Gasteiger partial charge in [0.25, 0.3) is 0 Å². The first-order chi connectivity index (χ1) is 10.8. The van der Waals surface area contributed by atoms with Crippen molar-refractivity contribution in [2.45, 2.75) is 20.3 Å². The maximum atomic E-state index is 12.2. The Morgan fingerprint density at radius 1 is 1.35 bits per heavy atom. The van der Waals surface area contributed by atoms with Gasteiger partial charge in [-0.3, -0.25) is 9.10 Å². The first-order valence-corrected chi connectivity index (χ1v) is 8.95. The number of sulfonamides is 1. The Balaban J connectivity index is 2.24. The molecule has 0 saturated heterocycles. The summed E-state index contributed by atoms with van der Waals surface area (Å²) >= 11 is 0. The lowest BCUT2D eigenvalue weighted by Crippen LogP contribution is -2.38. The van der Waals surface area contributed by atoms with Crippen LogP contribution < -0.4 is 9.62 Å². The van der Waals surface area contributed by atoms with E-state index in [9.17, 15) is 13.2 Å². The fourth-order valence-corrected chi connectivity index (χ4v) is 3.06. The molecule has 1 heterocycles. The number of anilines is 2.